The molecule has 8 heteroatoms. The first-order valence-electron chi connectivity index (χ1n) is 10.6. The van der Waals surface area contributed by atoms with Gasteiger partial charge in [-0.15, -0.1) is 0 Å². The average molecular weight is 439 g/mol. The van der Waals surface area contributed by atoms with Crippen LogP contribution in [0.2, 0.25) is 0 Å². The zero-order valence-corrected chi connectivity index (χ0v) is 18.7. The number of benzene rings is 1. The standard InChI is InChI=1S/C24H30N4O4/c1-4-25-23(28-17-24(3,29)21-7-6-14-31-21)27-16-18-12-13-26-22(15-18)32-20-10-8-19(9-11-20)30-5-2/h6-15,29H,4-5,16-17H2,1-3H3,(H2,25,27,28). The molecule has 0 bridgehead atoms. The summed E-state index contributed by atoms with van der Waals surface area (Å²) < 4.78 is 16.6. The number of nitrogens with one attached hydrogen (secondary N) is 2. The molecule has 0 saturated carbocycles. The van der Waals surface area contributed by atoms with Crippen molar-refractivity contribution in [2.75, 3.05) is 19.7 Å². The van der Waals surface area contributed by atoms with Crippen LogP contribution in [0.4, 0.5) is 0 Å². The number of aliphatic hydroxyl groups is 1. The van der Waals surface area contributed by atoms with Crippen molar-refractivity contribution < 1.29 is 19.0 Å². The fourth-order valence-electron chi connectivity index (χ4n) is 2.94. The summed E-state index contributed by atoms with van der Waals surface area (Å²) >= 11 is 0. The van der Waals surface area contributed by atoms with Crippen LogP contribution >= 0.6 is 0 Å². The third-order valence-electron chi connectivity index (χ3n) is 4.57. The first-order chi connectivity index (χ1) is 15.5. The molecular weight excluding hydrogens is 408 g/mol. The molecule has 1 unspecified atom stereocenters. The molecule has 2 heterocycles. The highest BCUT2D eigenvalue weighted by molar-refractivity contribution is 5.79. The predicted molar refractivity (Wildman–Crippen MR) is 123 cm³/mol. The molecule has 1 aromatic carbocycles. The molecule has 0 amide bonds. The highest BCUT2D eigenvalue weighted by atomic mass is 16.5. The number of hydrogen-bond acceptors (Lipinski definition) is 6. The third kappa shape index (κ3) is 6.75. The molecule has 0 radical (unpaired) electrons. The van der Waals surface area contributed by atoms with E-state index in [1.54, 1.807) is 31.5 Å². The second-order valence-electron chi connectivity index (χ2n) is 7.31. The summed E-state index contributed by atoms with van der Waals surface area (Å²) in [6.45, 7) is 7.59. The van der Waals surface area contributed by atoms with E-state index in [-0.39, 0.29) is 6.54 Å². The monoisotopic (exact) mass is 438 g/mol. The Morgan fingerprint density at radius 2 is 1.91 bits per heavy atom. The summed E-state index contributed by atoms with van der Waals surface area (Å²) in [5, 5.41) is 17.0. The lowest BCUT2D eigenvalue weighted by atomic mass is 10.0. The van der Waals surface area contributed by atoms with Gasteiger partial charge in [0.25, 0.3) is 0 Å². The van der Waals surface area contributed by atoms with Crippen LogP contribution in [-0.2, 0) is 12.1 Å². The van der Waals surface area contributed by atoms with E-state index in [0.29, 0.717) is 43.0 Å². The maximum atomic E-state index is 10.6. The topological polar surface area (TPSA) is 101 Å². The third-order valence-corrected chi connectivity index (χ3v) is 4.57. The molecule has 0 saturated heterocycles. The maximum absolute atomic E-state index is 10.6. The highest BCUT2D eigenvalue weighted by Crippen LogP contribution is 2.23. The van der Waals surface area contributed by atoms with E-state index in [1.165, 1.54) is 0 Å². The molecular formula is C24H30N4O4. The Hall–Kier alpha value is -3.52. The van der Waals surface area contributed by atoms with Crippen LogP contribution in [0.25, 0.3) is 0 Å². The first-order valence-corrected chi connectivity index (χ1v) is 10.6. The minimum absolute atomic E-state index is 0.245. The fraction of sp³-hybridized carbons (Fsp3) is 0.333. The van der Waals surface area contributed by atoms with Crippen LogP contribution in [0.1, 0.15) is 32.1 Å². The number of aromatic nitrogens is 1. The van der Waals surface area contributed by atoms with E-state index >= 15 is 0 Å². The normalized spacial score (nSPS) is 13.3. The summed E-state index contributed by atoms with van der Waals surface area (Å²) in [6.07, 6.45) is 3.23. The van der Waals surface area contributed by atoms with Gasteiger partial charge in [-0.2, -0.15) is 0 Å². The van der Waals surface area contributed by atoms with E-state index in [9.17, 15) is 5.11 Å². The van der Waals surface area contributed by atoms with Gasteiger partial charge in [-0.3, -0.25) is 0 Å². The van der Waals surface area contributed by atoms with Crippen LogP contribution in [0.5, 0.6) is 17.4 Å². The number of pyridine rings is 1. The molecule has 0 aliphatic rings. The Morgan fingerprint density at radius 3 is 2.59 bits per heavy atom. The van der Waals surface area contributed by atoms with Crippen LogP contribution in [0, 0.1) is 0 Å². The van der Waals surface area contributed by atoms with Crippen molar-refractivity contribution in [2.45, 2.75) is 32.9 Å². The zero-order valence-electron chi connectivity index (χ0n) is 18.7. The molecule has 3 N–H and O–H groups in total. The predicted octanol–water partition coefficient (Wildman–Crippen LogP) is 3.83. The SMILES string of the molecule is CCNC(=NCc1ccnc(Oc2ccc(OCC)cc2)c1)NCC(C)(O)c1ccco1. The van der Waals surface area contributed by atoms with E-state index in [1.807, 2.05) is 50.2 Å². The van der Waals surface area contributed by atoms with Gasteiger partial charge >= 0.3 is 0 Å². The number of aliphatic imine (C=N–C) groups is 1. The molecule has 0 fully saturated rings. The summed E-state index contributed by atoms with van der Waals surface area (Å²) in [7, 11) is 0. The van der Waals surface area contributed by atoms with E-state index in [0.717, 1.165) is 11.3 Å². The van der Waals surface area contributed by atoms with Gasteiger partial charge in [0.1, 0.15) is 22.9 Å². The molecule has 2 aromatic heterocycles. The summed E-state index contributed by atoms with van der Waals surface area (Å²) in [5.41, 5.74) is -0.217. The average Bonchev–Trinajstić information content (AvgIpc) is 3.34. The Labute approximate surface area is 188 Å². The number of hydrogen-bond donors (Lipinski definition) is 3. The molecule has 3 aromatic rings. The largest absolute Gasteiger partial charge is 0.494 e. The molecule has 0 aliphatic carbocycles. The quantitative estimate of drug-likeness (QED) is 0.327. The van der Waals surface area contributed by atoms with Crippen molar-refractivity contribution in [1.82, 2.24) is 15.6 Å². The number of ether oxygens (including phenoxy) is 2. The van der Waals surface area contributed by atoms with Crippen molar-refractivity contribution in [3.63, 3.8) is 0 Å². The van der Waals surface area contributed by atoms with E-state index in [4.69, 9.17) is 13.9 Å². The minimum atomic E-state index is -1.16. The minimum Gasteiger partial charge on any atom is -0.494 e. The lowest BCUT2D eigenvalue weighted by Gasteiger charge is -2.22. The Kier molecular flexibility index (Phi) is 8.10. The van der Waals surface area contributed by atoms with Crippen LogP contribution in [0.15, 0.2) is 70.4 Å². The Bertz CT molecular complexity index is 985. The number of rotatable bonds is 10. The molecule has 8 nitrogen and oxygen atoms in total. The molecule has 170 valence electrons. The van der Waals surface area contributed by atoms with Crippen molar-refractivity contribution >= 4 is 5.96 Å². The molecule has 0 spiro atoms. The summed E-state index contributed by atoms with van der Waals surface area (Å²) in [4.78, 5) is 8.88. The Balaban J connectivity index is 1.61. The second kappa shape index (κ2) is 11.2. The lowest BCUT2D eigenvalue weighted by molar-refractivity contribution is 0.0386. The second-order valence-corrected chi connectivity index (χ2v) is 7.31. The summed E-state index contributed by atoms with van der Waals surface area (Å²) in [5.74, 6) is 3.04. The van der Waals surface area contributed by atoms with Crippen molar-refractivity contribution in [3.8, 4) is 17.4 Å². The summed E-state index contributed by atoms with van der Waals surface area (Å²) in [6, 6.07) is 14.6. The van der Waals surface area contributed by atoms with Gasteiger partial charge in [0.05, 0.1) is 26.0 Å². The van der Waals surface area contributed by atoms with Gasteiger partial charge in [-0.25, -0.2) is 9.98 Å². The lowest BCUT2D eigenvalue weighted by Crippen LogP contribution is -2.44. The van der Waals surface area contributed by atoms with E-state index < -0.39 is 5.60 Å². The van der Waals surface area contributed by atoms with Crippen molar-refractivity contribution in [1.29, 1.82) is 0 Å². The van der Waals surface area contributed by atoms with Gasteiger partial charge < -0.3 is 29.6 Å². The smallest absolute Gasteiger partial charge is 0.219 e. The van der Waals surface area contributed by atoms with Crippen LogP contribution < -0.4 is 20.1 Å². The molecule has 32 heavy (non-hydrogen) atoms. The van der Waals surface area contributed by atoms with Gasteiger partial charge in [-0.05, 0) is 68.8 Å². The van der Waals surface area contributed by atoms with Gasteiger partial charge in [0.15, 0.2) is 5.96 Å². The van der Waals surface area contributed by atoms with Crippen molar-refractivity contribution in [3.05, 3.63) is 72.3 Å². The number of guanidine groups is 1. The highest BCUT2D eigenvalue weighted by Gasteiger charge is 2.26. The first kappa shape index (κ1) is 23.1. The van der Waals surface area contributed by atoms with Crippen molar-refractivity contribution in [2.24, 2.45) is 4.99 Å². The van der Waals surface area contributed by atoms with Gasteiger partial charge in [0, 0.05) is 18.8 Å². The van der Waals surface area contributed by atoms with Gasteiger partial charge in [-0.1, -0.05) is 0 Å². The molecule has 3 rings (SSSR count). The van der Waals surface area contributed by atoms with Crippen LogP contribution in [-0.4, -0.2) is 35.7 Å². The Morgan fingerprint density at radius 1 is 1.12 bits per heavy atom. The fourth-order valence-corrected chi connectivity index (χ4v) is 2.94. The van der Waals surface area contributed by atoms with Gasteiger partial charge in [0.2, 0.25) is 5.88 Å². The maximum Gasteiger partial charge on any atom is 0.219 e. The van der Waals surface area contributed by atoms with Crippen LogP contribution in [0.3, 0.4) is 0 Å². The number of furan rings is 1. The number of nitrogens with zero attached hydrogens (tertiary/aromatic N) is 2. The molecule has 0 aliphatic heterocycles. The molecule has 1 atom stereocenters. The van der Waals surface area contributed by atoms with E-state index in [2.05, 4.69) is 20.6 Å². The zero-order chi connectivity index (χ0) is 22.8.